The molecule has 0 unspecified atom stereocenters. The average Bonchev–Trinajstić information content (AvgIpc) is 2.14. The van der Waals surface area contributed by atoms with E-state index in [9.17, 15) is 9.18 Å². The number of hydrogen-bond acceptors (Lipinski definition) is 2. The van der Waals surface area contributed by atoms with Gasteiger partial charge in [0.2, 0.25) is 0 Å². The highest BCUT2D eigenvalue weighted by atomic mass is 35.5. The average molecular weight is 215 g/mol. The van der Waals surface area contributed by atoms with E-state index >= 15 is 0 Å². The van der Waals surface area contributed by atoms with Gasteiger partial charge in [-0.15, -0.1) is 0 Å². The summed E-state index contributed by atoms with van der Waals surface area (Å²) in [6.07, 6.45) is 1.49. The Morgan fingerprint density at radius 1 is 1.64 bits per heavy atom. The highest BCUT2D eigenvalue weighted by molar-refractivity contribution is 6.68. The lowest BCUT2D eigenvalue weighted by atomic mass is 10.2. The van der Waals surface area contributed by atoms with E-state index in [0.29, 0.717) is 0 Å². The van der Waals surface area contributed by atoms with Crippen LogP contribution in [-0.2, 0) is 0 Å². The fraction of sp³-hybridized carbons (Fsp3) is 0.100. The number of rotatable bonds is 4. The summed E-state index contributed by atoms with van der Waals surface area (Å²) in [5.74, 6) is -0.351. The molecule has 0 aliphatic heterocycles. The van der Waals surface area contributed by atoms with Crippen molar-refractivity contribution in [2.45, 2.75) is 0 Å². The van der Waals surface area contributed by atoms with E-state index in [1.54, 1.807) is 0 Å². The molecule has 0 N–H and O–H groups in total. The number of carbonyl (C=O) groups excluding carboxylic acids is 1. The van der Waals surface area contributed by atoms with Crippen molar-refractivity contribution in [2.75, 3.05) is 6.61 Å². The van der Waals surface area contributed by atoms with Gasteiger partial charge in [-0.1, -0.05) is 12.7 Å². The first kappa shape index (κ1) is 10.7. The van der Waals surface area contributed by atoms with Crippen LogP contribution in [0.5, 0.6) is 5.75 Å². The first-order chi connectivity index (χ1) is 6.65. The molecule has 0 saturated heterocycles. The van der Waals surface area contributed by atoms with Gasteiger partial charge in [-0.25, -0.2) is 4.39 Å². The summed E-state index contributed by atoms with van der Waals surface area (Å²) in [7, 11) is 0. The molecule has 0 aliphatic rings. The zero-order chi connectivity index (χ0) is 10.6. The molecule has 14 heavy (non-hydrogen) atoms. The van der Waals surface area contributed by atoms with Gasteiger partial charge in [0.15, 0.2) is 0 Å². The van der Waals surface area contributed by atoms with Gasteiger partial charge in [-0.05, 0) is 23.7 Å². The molecule has 0 heterocycles. The van der Waals surface area contributed by atoms with Crippen LogP contribution >= 0.6 is 11.6 Å². The van der Waals surface area contributed by atoms with E-state index in [1.807, 2.05) is 0 Å². The molecule has 74 valence electrons. The fourth-order valence-corrected chi connectivity index (χ4v) is 1.08. The molecule has 1 rings (SSSR count). The summed E-state index contributed by atoms with van der Waals surface area (Å²) >= 11 is 5.27. The number of hydrogen-bond donors (Lipinski definition) is 0. The largest absolute Gasteiger partial charge is 0.489 e. The summed E-state index contributed by atoms with van der Waals surface area (Å²) in [6.45, 7) is 3.63. The standard InChI is InChI=1S/C10H8ClFO2/c1-2-5-14-9-6-7(12)3-4-8(9)10(11)13/h2-4,6H,1,5H2. The first-order valence-corrected chi connectivity index (χ1v) is 4.26. The Kier molecular flexibility index (Phi) is 3.65. The van der Waals surface area contributed by atoms with Crippen molar-refractivity contribution < 1.29 is 13.9 Å². The molecule has 0 radical (unpaired) electrons. The third-order valence-corrected chi connectivity index (χ3v) is 1.72. The van der Waals surface area contributed by atoms with Crippen LogP contribution in [0, 0.1) is 5.82 Å². The van der Waals surface area contributed by atoms with Crippen LogP contribution in [0.15, 0.2) is 30.9 Å². The Morgan fingerprint density at radius 3 is 2.93 bits per heavy atom. The maximum absolute atomic E-state index is 12.8. The predicted molar refractivity (Wildman–Crippen MR) is 52.3 cm³/mol. The Hall–Kier alpha value is -1.35. The second-order valence-corrected chi connectivity index (χ2v) is 2.86. The van der Waals surface area contributed by atoms with Crippen LogP contribution in [-0.4, -0.2) is 11.8 Å². The number of benzene rings is 1. The third kappa shape index (κ3) is 2.57. The molecular formula is C10H8ClFO2. The van der Waals surface area contributed by atoms with E-state index in [-0.39, 0.29) is 17.9 Å². The molecular weight excluding hydrogens is 207 g/mol. The lowest BCUT2D eigenvalue weighted by Gasteiger charge is -2.06. The molecule has 0 aliphatic carbocycles. The second kappa shape index (κ2) is 4.77. The molecule has 0 fully saturated rings. The molecule has 0 aromatic heterocycles. The van der Waals surface area contributed by atoms with Gasteiger partial charge < -0.3 is 4.74 Å². The van der Waals surface area contributed by atoms with Crippen LogP contribution in [0.1, 0.15) is 10.4 Å². The highest BCUT2D eigenvalue weighted by Gasteiger charge is 2.10. The van der Waals surface area contributed by atoms with Crippen LogP contribution in [0.4, 0.5) is 4.39 Å². The smallest absolute Gasteiger partial charge is 0.256 e. The molecule has 4 heteroatoms. The van der Waals surface area contributed by atoms with Gasteiger partial charge in [0.05, 0.1) is 5.56 Å². The van der Waals surface area contributed by atoms with E-state index in [4.69, 9.17) is 16.3 Å². The molecule has 1 aromatic carbocycles. The van der Waals surface area contributed by atoms with Crippen LogP contribution < -0.4 is 4.74 Å². The molecule has 0 spiro atoms. The SMILES string of the molecule is C=CCOc1cc(F)ccc1C(=O)Cl. The van der Waals surface area contributed by atoms with Crippen molar-refractivity contribution in [1.82, 2.24) is 0 Å². The van der Waals surface area contributed by atoms with Crippen molar-refractivity contribution in [3.63, 3.8) is 0 Å². The monoisotopic (exact) mass is 214 g/mol. The third-order valence-electron chi connectivity index (χ3n) is 1.51. The van der Waals surface area contributed by atoms with Crippen LogP contribution in [0.25, 0.3) is 0 Å². The number of carbonyl (C=O) groups is 1. The molecule has 0 bridgehead atoms. The van der Waals surface area contributed by atoms with Crippen molar-refractivity contribution in [3.05, 3.63) is 42.2 Å². The highest BCUT2D eigenvalue weighted by Crippen LogP contribution is 2.21. The minimum absolute atomic E-state index is 0.130. The Labute approximate surface area is 85.9 Å². The summed E-state index contributed by atoms with van der Waals surface area (Å²) in [4.78, 5) is 10.9. The topological polar surface area (TPSA) is 26.3 Å². The van der Waals surface area contributed by atoms with Gasteiger partial charge in [0.25, 0.3) is 5.24 Å². The van der Waals surface area contributed by atoms with Gasteiger partial charge >= 0.3 is 0 Å². The van der Waals surface area contributed by atoms with Crippen molar-refractivity contribution in [1.29, 1.82) is 0 Å². The molecule has 1 aromatic rings. The van der Waals surface area contributed by atoms with Crippen LogP contribution in [0.2, 0.25) is 0 Å². The predicted octanol–water partition coefficient (Wildman–Crippen LogP) is 2.77. The zero-order valence-electron chi connectivity index (χ0n) is 7.30. The van der Waals surface area contributed by atoms with Gasteiger partial charge in [-0.3, -0.25) is 4.79 Å². The van der Waals surface area contributed by atoms with Crippen LogP contribution in [0.3, 0.4) is 0 Å². The summed E-state index contributed by atoms with van der Waals surface area (Å²) < 4.78 is 17.8. The summed E-state index contributed by atoms with van der Waals surface area (Å²) in [6, 6.07) is 3.54. The Balaban J connectivity index is 3.02. The van der Waals surface area contributed by atoms with Gasteiger partial charge in [0.1, 0.15) is 18.2 Å². The van der Waals surface area contributed by atoms with E-state index in [1.165, 1.54) is 12.1 Å². The summed E-state index contributed by atoms with van der Waals surface area (Å²) in [5, 5.41) is -0.677. The summed E-state index contributed by atoms with van der Waals surface area (Å²) in [5.41, 5.74) is 0.148. The minimum Gasteiger partial charge on any atom is -0.489 e. The van der Waals surface area contributed by atoms with Gasteiger partial charge in [0, 0.05) is 6.07 Å². The number of ether oxygens (including phenoxy) is 1. The Morgan fingerprint density at radius 2 is 2.36 bits per heavy atom. The quantitative estimate of drug-likeness (QED) is 0.569. The van der Waals surface area contributed by atoms with Gasteiger partial charge in [-0.2, -0.15) is 0 Å². The molecule has 2 nitrogen and oxygen atoms in total. The lowest BCUT2D eigenvalue weighted by molar-refractivity contribution is 0.107. The van der Waals surface area contributed by atoms with Crippen molar-refractivity contribution >= 4 is 16.8 Å². The Bertz CT molecular complexity index is 363. The van der Waals surface area contributed by atoms with E-state index in [2.05, 4.69) is 6.58 Å². The normalized spacial score (nSPS) is 9.57. The molecule has 0 atom stereocenters. The first-order valence-electron chi connectivity index (χ1n) is 3.88. The zero-order valence-corrected chi connectivity index (χ0v) is 8.05. The maximum Gasteiger partial charge on any atom is 0.256 e. The van der Waals surface area contributed by atoms with E-state index < -0.39 is 11.1 Å². The van der Waals surface area contributed by atoms with Crippen molar-refractivity contribution in [3.8, 4) is 5.75 Å². The number of halogens is 2. The molecule has 0 saturated carbocycles. The van der Waals surface area contributed by atoms with Crippen molar-refractivity contribution in [2.24, 2.45) is 0 Å². The maximum atomic E-state index is 12.8. The lowest BCUT2D eigenvalue weighted by Crippen LogP contribution is -2.00. The molecule has 0 amide bonds. The second-order valence-electron chi connectivity index (χ2n) is 2.51. The fourth-order valence-electron chi connectivity index (χ4n) is 0.927. The van der Waals surface area contributed by atoms with E-state index in [0.717, 1.165) is 12.1 Å². The minimum atomic E-state index is -0.677.